The number of hydrogen-bond donors (Lipinski definition) is 1. The summed E-state index contributed by atoms with van der Waals surface area (Å²) in [6, 6.07) is 2.05. The molecule has 0 bridgehead atoms. The van der Waals surface area contributed by atoms with Crippen LogP contribution in [-0.2, 0) is 11.3 Å². The van der Waals surface area contributed by atoms with E-state index in [1.807, 2.05) is 23.4 Å². The predicted octanol–water partition coefficient (Wildman–Crippen LogP) is 0.578. The van der Waals surface area contributed by atoms with Crippen molar-refractivity contribution in [1.29, 1.82) is 0 Å². The molecule has 2 N–H and O–H groups in total. The fourth-order valence-electron chi connectivity index (χ4n) is 1.38. The summed E-state index contributed by atoms with van der Waals surface area (Å²) < 4.78 is 0. The van der Waals surface area contributed by atoms with E-state index in [0.29, 0.717) is 13.1 Å². The lowest BCUT2D eigenvalue weighted by Gasteiger charge is -2.17. The minimum absolute atomic E-state index is 0.109. The molecule has 0 atom stereocenters. The van der Waals surface area contributed by atoms with Crippen LogP contribution in [0.3, 0.4) is 0 Å². The number of carbonyl (C=O) groups is 1. The van der Waals surface area contributed by atoms with Crippen LogP contribution in [0.25, 0.3) is 0 Å². The number of nitrogens with zero attached hydrogens (tertiary/aromatic N) is 2. The first-order chi connectivity index (χ1) is 8.52. The molecular formula is C13H19N3OS. The minimum Gasteiger partial charge on any atom is -0.348 e. The summed E-state index contributed by atoms with van der Waals surface area (Å²) in [5.74, 6) is 5.94. The normalized spacial score (nSPS) is 10.1. The highest BCUT2D eigenvalue weighted by molar-refractivity contribution is 7.10. The molecular weight excluding hydrogens is 246 g/mol. The molecule has 1 rings (SSSR count). The Bertz CT molecular complexity index is 456. The second-order valence-electron chi connectivity index (χ2n) is 4.27. The molecule has 0 aromatic carbocycles. The largest absolute Gasteiger partial charge is 0.348 e. The molecule has 1 aromatic heterocycles. The Kier molecular flexibility index (Phi) is 5.86. The first-order valence-electron chi connectivity index (χ1n) is 5.68. The minimum atomic E-state index is 0.109. The number of carbonyl (C=O) groups excluding carboxylic acids is 1. The van der Waals surface area contributed by atoms with Gasteiger partial charge in [-0.3, -0.25) is 9.69 Å². The maximum atomic E-state index is 11.5. The summed E-state index contributed by atoms with van der Waals surface area (Å²) in [6.45, 7) is 1.56. The average Bonchev–Trinajstić information content (AvgIpc) is 2.73. The van der Waals surface area contributed by atoms with Crippen molar-refractivity contribution < 1.29 is 4.79 Å². The highest BCUT2D eigenvalue weighted by Crippen LogP contribution is 2.15. The van der Waals surface area contributed by atoms with E-state index in [9.17, 15) is 4.79 Å². The Morgan fingerprint density at radius 1 is 1.44 bits per heavy atom. The second-order valence-corrected chi connectivity index (χ2v) is 5.26. The molecule has 0 unspecified atom stereocenters. The van der Waals surface area contributed by atoms with Crippen molar-refractivity contribution in [3.05, 3.63) is 21.9 Å². The van der Waals surface area contributed by atoms with E-state index >= 15 is 0 Å². The quantitative estimate of drug-likeness (QED) is 0.810. The molecule has 0 spiro atoms. The molecule has 98 valence electrons. The number of rotatable bonds is 4. The van der Waals surface area contributed by atoms with Crippen molar-refractivity contribution in [2.75, 3.05) is 34.2 Å². The monoisotopic (exact) mass is 265 g/mol. The summed E-state index contributed by atoms with van der Waals surface area (Å²) in [4.78, 5) is 16.3. The van der Waals surface area contributed by atoms with Gasteiger partial charge in [-0.1, -0.05) is 11.8 Å². The first kappa shape index (κ1) is 14.7. The van der Waals surface area contributed by atoms with Gasteiger partial charge in [0.15, 0.2) is 0 Å². The zero-order valence-corrected chi connectivity index (χ0v) is 11.9. The van der Waals surface area contributed by atoms with E-state index in [1.54, 1.807) is 30.3 Å². The van der Waals surface area contributed by atoms with Crippen molar-refractivity contribution in [2.45, 2.75) is 6.54 Å². The van der Waals surface area contributed by atoms with Gasteiger partial charge >= 0.3 is 0 Å². The van der Waals surface area contributed by atoms with Gasteiger partial charge in [-0.25, -0.2) is 0 Å². The van der Waals surface area contributed by atoms with Crippen LogP contribution < -0.4 is 5.73 Å². The van der Waals surface area contributed by atoms with Crippen LogP contribution in [0, 0.1) is 11.8 Å². The van der Waals surface area contributed by atoms with E-state index in [2.05, 4.69) is 11.8 Å². The van der Waals surface area contributed by atoms with Crippen LogP contribution in [0.15, 0.2) is 11.4 Å². The van der Waals surface area contributed by atoms with Crippen LogP contribution in [-0.4, -0.2) is 49.9 Å². The van der Waals surface area contributed by atoms with Gasteiger partial charge in [0.25, 0.3) is 0 Å². The third-order valence-corrected chi connectivity index (χ3v) is 3.24. The van der Waals surface area contributed by atoms with E-state index in [1.165, 1.54) is 4.88 Å². The highest BCUT2D eigenvalue weighted by atomic mass is 32.1. The number of nitrogens with two attached hydrogens (primary N) is 1. The molecule has 0 aliphatic heterocycles. The number of amides is 1. The van der Waals surface area contributed by atoms with Crippen LogP contribution in [0.1, 0.15) is 10.4 Å². The molecule has 18 heavy (non-hydrogen) atoms. The Hall–Kier alpha value is -1.35. The van der Waals surface area contributed by atoms with Gasteiger partial charge in [0, 0.05) is 36.5 Å². The maximum absolute atomic E-state index is 11.5. The predicted molar refractivity (Wildman–Crippen MR) is 75.3 cm³/mol. The third kappa shape index (κ3) is 4.88. The number of likely N-dealkylation sites (N-methyl/N-ethyl adjacent to an activating group) is 2. The fraction of sp³-hybridized carbons (Fsp3) is 0.462. The van der Waals surface area contributed by atoms with E-state index in [-0.39, 0.29) is 5.91 Å². The molecule has 0 aliphatic carbocycles. The molecule has 5 heteroatoms. The van der Waals surface area contributed by atoms with Gasteiger partial charge < -0.3 is 10.6 Å². The Labute approximate surface area is 112 Å². The second kappa shape index (κ2) is 7.17. The summed E-state index contributed by atoms with van der Waals surface area (Å²) in [7, 11) is 5.47. The molecule has 0 fully saturated rings. The average molecular weight is 265 g/mol. The van der Waals surface area contributed by atoms with E-state index in [4.69, 9.17) is 5.73 Å². The first-order valence-corrected chi connectivity index (χ1v) is 6.56. The lowest BCUT2D eigenvalue weighted by atomic mass is 10.3. The van der Waals surface area contributed by atoms with Crippen molar-refractivity contribution >= 4 is 17.2 Å². The highest BCUT2D eigenvalue weighted by Gasteiger charge is 2.09. The maximum Gasteiger partial charge on any atom is 0.236 e. The summed E-state index contributed by atoms with van der Waals surface area (Å²) in [5, 5.41) is 2.01. The molecule has 1 aromatic rings. The SMILES string of the molecule is CN(CC(=O)N(C)C)Cc1cc(C#CCN)cs1. The summed E-state index contributed by atoms with van der Waals surface area (Å²) >= 11 is 1.65. The Morgan fingerprint density at radius 3 is 2.78 bits per heavy atom. The topological polar surface area (TPSA) is 49.6 Å². The zero-order chi connectivity index (χ0) is 13.5. The summed E-state index contributed by atoms with van der Waals surface area (Å²) in [5.41, 5.74) is 6.32. The zero-order valence-electron chi connectivity index (χ0n) is 11.1. The molecule has 0 radical (unpaired) electrons. The summed E-state index contributed by atoms with van der Waals surface area (Å²) in [6.07, 6.45) is 0. The van der Waals surface area contributed by atoms with Crippen molar-refractivity contribution in [1.82, 2.24) is 9.80 Å². The van der Waals surface area contributed by atoms with Gasteiger partial charge in [0.05, 0.1) is 13.1 Å². The van der Waals surface area contributed by atoms with Gasteiger partial charge in [-0.05, 0) is 13.1 Å². The van der Waals surface area contributed by atoms with Gasteiger partial charge in [0.1, 0.15) is 0 Å². The van der Waals surface area contributed by atoms with Crippen LogP contribution >= 0.6 is 11.3 Å². The third-order valence-electron chi connectivity index (χ3n) is 2.32. The molecule has 1 heterocycles. The van der Waals surface area contributed by atoms with Crippen molar-refractivity contribution in [3.63, 3.8) is 0 Å². The van der Waals surface area contributed by atoms with E-state index < -0.39 is 0 Å². The van der Waals surface area contributed by atoms with Crippen molar-refractivity contribution in [3.8, 4) is 11.8 Å². The molecule has 1 amide bonds. The Morgan fingerprint density at radius 2 is 2.17 bits per heavy atom. The van der Waals surface area contributed by atoms with Gasteiger partial charge in [-0.15, -0.1) is 11.3 Å². The number of thiophene rings is 1. The fourth-order valence-corrected chi connectivity index (χ4v) is 2.27. The number of hydrogen-bond acceptors (Lipinski definition) is 4. The molecule has 0 aliphatic rings. The lowest BCUT2D eigenvalue weighted by Crippen LogP contribution is -2.33. The van der Waals surface area contributed by atoms with Crippen LogP contribution in [0.4, 0.5) is 0 Å². The van der Waals surface area contributed by atoms with Crippen LogP contribution in [0.2, 0.25) is 0 Å². The molecule has 0 saturated carbocycles. The standard InChI is InChI=1S/C13H19N3OS/c1-15(2)13(17)9-16(3)8-12-7-11(10-18-12)5-4-6-14/h7,10H,6,8-9,14H2,1-3H3. The van der Waals surface area contributed by atoms with E-state index in [0.717, 1.165) is 12.1 Å². The van der Waals surface area contributed by atoms with Crippen LogP contribution in [0.5, 0.6) is 0 Å². The van der Waals surface area contributed by atoms with Gasteiger partial charge in [-0.2, -0.15) is 0 Å². The smallest absolute Gasteiger partial charge is 0.236 e. The Balaban J connectivity index is 2.52. The lowest BCUT2D eigenvalue weighted by molar-refractivity contribution is -0.129. The molecule has 0 saturated heterocycles. The molecule has 4 nitrogen and oxygen atoms in total. The van der Waals surface area contributed by atoms with Gasteiger partial charge in [0.2, 0.25) is 5.91 Å². The van der Waals surface area contributed by atoms with Crippen molar-refractivity contribution in [2.24, 2.45) is 5.73 Å².